The third-order valence-electron chi connectivity index (χ3n) is 2.59. The number of aromatic carboxylic acids is 1. The predicted octanol–water partition coefficient (Wildman–Crippen LogP) is 2.45. The number of aromatic nitrogens is 1. The Kier molecular flexibility index (Phi) is 3.95. The van der Waals surface area contributed by atoms with Crippen LogP contribution in [-0.4, -0.2) is 35.3 Å². The van der Waals surface area contributed by atoms with Crippen molar-refractivity contribution in [3.05, 3.63) is 10.6 Å². The first-order chi connectivity index (χ1) is 8.88. The molecule has 1 aromatic rings. The molecule has 1 saturated heterocycles. The number of anilines is 1. The van der Waals surface area contributed by atoms with Gasteiger partial charge in [0.15, 0.2) is 10.8 Å². The maximum absolute atomic E-state index is 12.6. The highest BCUT2D eigenvalue weighted by molar-refractivity contribution is 7.17. The maximum Gasteiger partial charge on any atom is 0.435 e. The van der Waals surface area contributed by atoms with Crippen molar-refractivity contribution in [3.63, 3.8) is 0 Å². The molecule has 1 aliphatic rings. The second kappa shape index (κ2) is 5.33. The van der Waals surface area contributed by atoms with Crippen LogP contribution in [0.15, 0.2) is 0 Å². The minimum atomic E-state index is -4.77. The van der Waals surface area contributed by atoms with Crippen molar-refractivity contribution in [2.24, 2.45) is 0 Å². The summed E-state index contributed by atoms with van der Waals surface area (Å²) in [5.41, 5.74) is -1.36. The van der Waals surface area contributed by atoms with Crippen LogP contribution in [0.4, 0.5) is 18.3 Å². The second-order valence-electron chi connectivity index (χ2n) is 4.02. The minimum Gasteiger partial charge on any atom is -0.477 e. The van der Waals surface area contributed by atoms with E-state index in [1.165, 1.54) is 0 Å². The number of carbonyl (C=O) groups is 1. The van der Waals surface area contributed by atoms with E-state index in [4.69, 9.17) is 9.84 Å². The maximum atomic E-state index is 12.6. The van der Waals surface area contributed by atoms with Crippen LogP contribution < -0.4 is 5.32 Å². The van der Waals surface area contributed by atoms with E-state index < -0.39 is 22.7 Å². The van der Waals surface area contributed by atoms with E-state index in [2.05, 4.69) is 10.3 Å². The van der Waals surface area contributed by atoms with Crippen molar-refractivity contribution in [1.29, 1.82) is 0 Å². The lowest BCUT2D eigenvalue weighted by Crippen LogP contribution is -2.18. The van der Waals surface area contributed by atoms with E-state index in [-0.39, 0.29) is 11.2 Å². The molecule has 0 radical (unpaired) electrons. The van der Waals surface area contributed by atoms with E-state index in [9.17, 15) is 18.0 Å². The number of thiazole rings is 1. The van der Waals surface area contributed by atoms with Crippen molar-refractivity contribution in [2.75, 3.05) is 18.5 Å². The lowest BCUT2D eigenvalue weighted by atomic mass is 10.2. The predicted molar refractivity (Wildman–Crippen MR) is 61.5 cm³/mol. The molecular weight excluding hydrogens is 285 g/mol. The van der Waals surface area contributed by atoms with E-state index in [0.29, 0.717) is 24.5 Å². The number of ether oxygens (including phenoxy) is 1. The van der Waals surface area contributed by atoms with Crippen LogP contribution in [-0.2, 0) is 10.9 Å². The Hall–Kier alpha value is -1.35. The molecule has 5 nitrogen and oxygen atoms in total. The Bertz CT molecular complexity index is 469. The first-order valence-corrected chi connectivity index (χ1v) is 6.36. The van der Waals surface area contributed by atoms with E-state index in [1.54, 1.807) is 0 Å². The number of hydrogen-bond acceptors (Lipinski definition) is 5. The molecule has 0 aliphatic carbocycles. The summed E-state index contributed by atoms with van der Waals surface area (Å²) in [6, 6.07) is 0. The molecule has 106 valence electrons. The van der Waals surface area contributed by atoms with Crippen molar-refractivity contribution in [3.8, 4) is 0 Å². The summed E-state index contributed by atoms with van der Waals surface area (Å²) in [5.74, 6) is -1.63. The summed E-state index contributed by atoms with van der Waals surface area (Å²) >= 11 is 0.481. The van der Waals surface area contributed by atoms with Gasteiger partial charge in [-0.3, -0.25) is 0 Å². The van der Waals surface area contributed by atoms with Gasteiger partial charge in [0.2, 0.25) is 0 Å². The van der Waals surface area contributed by atoms with Gasteiger partial charge in [0.1, 0.15) is 4.88 Å². The minimum absolute atomic E-state index is 0.0553. The fraction of sp³-hybridized carbons (Fsp3) is 0.600. The van der Waals surface area contributed by atoms with Crippen LogP contribution in [0.2, 0.25) is 0 Å². The van der Waals surface area contributed by atoms with Crippen LogP contribution in [0.3, 0.4) is 0 Å². The van der Waals surface area contributed by atoms with Crippen LogP contribution in [0.5, 0.6) is 0 Å². The summed E-state index contributed by atoms with van der Waals surface area (Å²) < 4.78 is 43.1. The Morgan fingerprint density at radius 1 is 1.58 bits per heavy atom. The Balaban J connectivity index is 2.11. The van der Waals surface area contributed by atoms with E-state index >= 15 is 0 Å². The van der Waals surface area contributed by atoms with Crippen molar-refractivity contribution in [2.45, 2.75) is 25.1 Å². The molecule has 1 atom stereocenters. The topological polar surface area (TPSA) is 71.5 Å². The molecule has 1 fully saturated rings. The summed E-state index contributed by atoms with van der Waals surface area (Å²) in [4.78, 5) is 13.3. The van der Waals surface area contributed by atoms with Crippen molar-refractivity contribution >= 4 is 22.4 Å². The number of rotatable bonds is 4. The van der Waals surface area contributed by atoms with Crippen LogP contribution in [0.25, 0.3) is 0 Å². The summed E-state index contributed by atoms with van der Waals surface area (Å²) in [5, 5.41) is 11.4. The van der Waals surface area contributed by atoms with E-state index in [1.807, 2.05) is 0 Å². The van der Waals surface area contributed by atoms with Gasteiger partial charge in [-0.25, -0.2) is 9.78 Å². The zero-order chi connectivity index (χ0) is 14.0. The molecule has 2 rings (SSSR count). The fourth-order valence-electron chi connectivity index (χ4n) is 1.74. The van der Waals surface area contributed by atoms with Gasteiger partial charge in [-0.15, -0.1) is 0 Å². The number of carboxylic acid groups (broad SMARTS) is 1. The number of halogens is 3. The molecule has 1 aliphatic heterocycles. The molecule has 0 spiro atoms. The molecule has 0 amide bonds. The standard InChI is InChI=1S/C10H11F3N2O3S/c11-10(12,13)7-6(8(16)17)19-9(15-7)14-4-5-2-1-3-18-5/h5H,1-4H2,(H,14,15)(H,16,17). The highest BCUT2D eigenvalue weighted by atomic mass is 32.1. The molecule has 0 bridgehead atoms. The average molecular weight is 296 g/mol. The van der Waals surface area contributed by atoms with Gasteiger partial charge in [0.25, 0.3) is 0 Å². The highest BCUT2D eigenvalue weighted by Gasteiger charge is 2.39. The molecule has 1 aromatic heterocycles. The van der Waals surface area contributed by atoms with Crippen molar-refractivity contribution < 1.29 is 27.8 Å². The quantitative estimate of drug-likeness (QED) is 0.893. The zero-order valence-electron chi connectivity index (χ0n) is 9.66. The first kappa shape index (κ1) is 14.1. The van der Waals surface area contributed by atoms with Gasteiger partial charge < -0.3 is 15.2 Å². The number of nitrogens with zero attached hydrogens (tertiary/aromatic N) is 1. The lowest BCUT2D eigenvalue weighted by Gasteiger charge is -2.09. The number of alkyl halides is 3. The van der Waals surface area contributed by atoms with E-state index in [0.717, 1.165) is 12.8 Å². The third kappa shape index (κ3) is 3.35. The molecule has 19 heavy (non-hydrogen) atoms. The smallest absolute Gasteiger partial charge is 0.435 e. The molecule has 2 N–H and O–H groups in total. The monoisotopic (exact) mass is 296 g/mol. The average Bonchev–Trinajstić information content (AvgIpc) is 2.94. The SMILES string of the molecule is O=C(O)c1sc(NCC2CCCO2)nc1C(F)(F)F. The van der Waals surface area contributed by atoms with Gasteiger partial charge >= 0.3 is 12.1 Å². The summed E-state index contributed by atoms with van der Waals surface area (Å²) in [7, 11) is 0. The normalized spacial score (nSPS) is 19.6. The first-order valence-electron chi connectivity index (χ1n) is 5.54. The lowest BCUT2D eigenvalue weighted by molar-refractivity contribution is -0.141. The molecule has 9 heteroatoms. The van der Waals surface area contributed by atoms with Crippen LogP contribution >= 0.6 is 11.3 Å². The van der Waals surface area contributed by atoms with Gasteiger partial charge in [-0.1, -0.05) is 11.3 Å². The molecule has 0 saturated carbocycles. The molecule has 2 heterocycles. The number of carboxylic acids is 1. The molecular formula is C10H11F3N2O3S. The van der Waals surface area contributed by atoms with Crippen LogP contribution in [0.1, 0.15) is 28.2 Å². The van der Waals surface area contributed by atoms with Gasteiger partial charge in [0.05, 0.1) is 6.10 Å². The van der Waals surface area contributed by atoms with Gasteiger partial charge in [-0.05, 0) is 12.8 Å². The zero-order valence-corrected chi connectivity index (χ0v) is 10.5. The van der Waals surface area contributed by atoms with Gasteiger partial charge in [-0.2, -0.15) is 13.2 Å². The summed E-state index contributed by atoms with van der Waals surface area (Å²) in [6.07, 6.45) is -3.09. The van der Waals surface area contributed by atoms with Crippen LogP contribution in [0, 0.1) is 0 Å². The Morgan fingerprint density at radius 2 is 2.32 bits per heavy atom. The number of nitrogens with one attached hydrogen (secondary N) is 1. The highest BCUT2D eigenvalue weighted by Crippen LogP contribution is 2.36. The Labute approximate surface area is 110 Å². The van der Waals surface area contributed by atoms with Crippen molar-refractivity contribution in [1.82, 2.24) is 4.98 Å². The third-order valence-corrected chi connectivity index (χ3v) is 3.60. The molecule has 1 unspecified atom stereocenters. The summed E-state index contributed by atoms with van der Waals surface area (Å²) in [6.45, 7) is 0.961. The largest absolute Gasteiger partial charge is 0.477 e. The number of hydrogen-bond donors (Lipinski definition) is 2. The molecule has 0 aromatic carbocycles. The fourth-order valence-corrected chi connectivity index (χ4v) is 2.57. The Morgan fingerprint density at radius 3 is 2.79 bits per heavy atom. The second-order valence-corrected chi connectivity index (χ2v) is 5.01. The van der Waals surface area contributed by atoms with Gasteiger partial charge in [0, 0.05) is 13.2 Å².